The number of halogens is 2. The molecule has 1 fully saturated rings. The molecule has 4 aromatic rings. The molecule has 10 heteroatoms. The van der Waals surface area contributed by atoms with Crippen molar-refractivity contribution in [3.05, 3.63) is 91.9 Å². The molecular formula is C25H23Cl2N5O2S. The van der Waals surface area contributed by atoms with Crippen molar-refractivity contribution in [2.45, 2.75) is 13.1 Å². The maximum Gasteiger partial charge on any atom is 0.261 e. The molecule has 0 bridgehead atoms. The summed E-state index contributed by atoms with van der Waals surface area (Å²) >= 11 is 13.6. The first-order valence-electron chi connectivity index (χ1n) is 11.2. The Morgan fingerprint density at radius 2 is 1.86 bits per heavy atom. The normalized spacial score (nSPS) is 14.4. The van der Waals surface area contributed by atoms with Gasteiger partial charge >= 0.3 is 0 Å². The Balaban J connectivity index is 1.13. The zero-order valence-corrected chi connectivity index (χ0v) is 21.1. The lowest BCUT2D eigenvalue weighted by molar-refractivity contribution is 0.0631. The molecule has 1 aromatic carbocycles. The first-order chi connectivity index (χ1) is 17.0. The van der Waals surface area contributed by atoms with Crippen LogP contribution in [0.1, 0.15) is 30.5 Å². The lowest BCUT2D eigenvalue weighted by atomic mass is 10.2. The van der Waals surface area contributed by atoms with E-state index >= 15 is 0 Å². The number of benzene rings is 1. The van der Waals surface area contributed by atoms with E-state index in [1.807, 2.05) is 47.5 Å². The molecule has 1 saturated heterocycles. The molecular weight excluding hydrogens is 505 g/mol. The second kappa shape index (κ2) is 10.4. The Kier molecular flexibility index (Phi) is 7.06. The second-order valence-corrected chi connectivity index (χ2v) is 10.4. The number of hydrogen-bond donors (Lipinski definition) is 1. The third-order valence-electron chi connectivity index (χ3n) is 6.04. The van der Waals surface area contributed by atoms with E-state index in [-0.39, 0.29) is 11.8 Å². The number of carbonyl (C=O) groups is 2. The molecule has 4 heterocycles. The fraction of sp³-hybridized carbons (Fsp3) is 0.240. The van der Waals surface area contributed by atoms with E-state index in [0.717, 1.165) is 35.6 Å². The minimum Gasteiger partial charge on any atom is -0.347 e. The lowest BCUT2D eigenvalue weighted by Gasteiger charge is -2.34. The van der Waals surface area contributed by atoms with Crippen LogP contribution in [-0.4, -0.2) is 57.4 Å². The highest BCUT2D eigenvalue weighted by Crippen LogP contribution is 2.23. The molecule has 0 spiro atoms. The monoisotopic (exact) mass is 527 g/mol. The van der Waals surface area contributed by atoms with Crippen LogP contribution < -0.4 is 5.32 Å². The Hall–Kier alpha value is -2.91. The van der Waals surface area contributed by atoms with Crippen molar-refractivity contribution in [2.24, 2.45) is 0 Å². The van der Waals surface area contributed by atoms with Crippen molar-refractivity contribution in [3.63, 3.8) is 0 Å². The van der Waals surface area contributed by atoms with Crippen LogP contribution >= 0.6 is 34.5 Å². The fourth-order valence-corrected chi connectivity index (χ4v) is 5.55. The van der Waals surface area contributed by atoms with Crippen LogP contribution in [0.5, 0.6) is 0 Å². The van der Waals surface area contributed by atoms with Crippen LogP contribution in [-0.2, 0) is 13.1 Å². The Bertz CT molecular complexity index is 1380. The van der Waals surface area contributed by atoms with Gasteiger partial charge in [0.25, 0.3) is 11.8 Å². The van der Waals surface area contributed by atoms with Crippen molar-refractivity contribution in [3.8, 4) is 0 Å². The number of hydrogen-bond acceptors (Lipinski definition) is 5. The molecule has 7 nitrogen and oxygen atoms in total. The van der Waals surface area contributed by atoms with E-state index in [2.05, 4.69) is 15.3 Å². The van der Waals surface area contributed by atoms with Gasteiger partial charge in [-0.25, -0.2) is 4.52 Å². The number of rotatable bonds is 6. The number of nitrogens with zero attached hydrogens (tertiary/aromatic N) is 4. The number of thiophene rings is 1. The van der Waals surface area contributed by atoms with Crippen LogP contribution in [0, 0.1) is 0 Å². The lowest BCUT2D eigenvalue weighted by Crippen LogP contribution is -2.48. The molecule has 1 N–H and O–H groups in total. The highest BCUT2D eigenvalue weighted by atomic mass is 35.5. The van der Waals surface area contributed by atoms with Gasteiger partial charge in [0.05, 0.1) is 22.2 Å². The molecule has 2 amide bonds. The second-order valence-electron chi connectivity index (χ2n) is 8.34. The van der Waals surface area contributed by atoms with Crippen LogP contribution in [0.4, 0.5) is 0 Å². The molecule has 35 heavy (non-hydrogen) atoms. The first kappa shape index (κ1) is 23.8. The molecule has 0 radical (unpaired) electrons. The summed E-state index contributed by atoms with van der Waals surface area (Å²) in [5.74, 6) is -0.113. The van der Waals surface area contributed by atoms with Gasteiger partial charge in [0.1, 0.15) is 0 Å². The van der Waals surface area contributed by atoms with Gasteiger partial charge in [0.15, 0.2) is 0 Å². The standard InChI is InChI=1S/C25H23Cl2N5O2S/c26-18-5-4-17(21(27)13-18)14-28-24(33)23-7-6-19(35-23)16-30-9-11-31(12-10-30)25(34)20-15-29-32-8-2-1-3-22(20)32/h1-8,13,15H,9-12,14,16H2,(H,28,33). The summed E-state index contributed by atoms with van der Waals surface area (Å²) in [6.45, 7) is 3.95. The number of aromatic nitrogens is 2. The third kappa shape index (κ3) is 5.36. The van der Waals surface area contributed by atoms with E-state index < -0.39 is 0 Å². The predicted molar refractivity (Wildman–Crippen MR) is 138 cm³/mol. The highest BCUT2D eigenvalue weighted by molar-refractivity contribution is 7.14. The highest BCUT2D eigenvalue weighted by Gasteiger charge is 2.24. The van der Waals surface area contributed by atoms with Crippen molar-refractivity contribution < 1.29 is 9.59 Å². The maximum absolute atomic E-state index is 13.0. The van der Waals surface area contributed by atoms with Gasteiger partial charge in [-0.1, -0.05) is 35.3 Å². The number of carbonyl (C=O) groups excluding carboxylic acids is 2. The summed E-state index contributed by atoms with van der Waals surface area (Å²) in [6, 6.07) is 14.8. The number of amides is 2. The van der Waals surface area contributed by atoms with Gasteiger partial charge < -0.3 is 10.2 Å². The average molecular weight is 528 g/mol. The van der Waals surface area contributed by atoms with Gasteiger partial charge in [0.2, 0.25) is 0 Å². The minimum atomic E-state index is -0.129. The van der Waals surface area contributed by atoms with Crippen LogP contribution in [0.3, 0.4) is 0 Å². The summed E-state index contributed by atoms with van der Waals surface area (Å²) < 4.78 is 1.72. The van der Waals surface area contributed by atoms with Crippen LogP contribution in [0.2, 0.25) is 10.0 Å². The average Bonchev–Trinajstić information content (AvgIpc) is 3.51. The van der Waals surface area contributed by atoms with Crippen molar-refractivity contribution in [2.75, 3.05) is 26.2 Å². The maximum atomic E-state index is 13.0. The van der Waals surface area contributed by atoms with E-state index in [9.17, 15) is 9.59 Å². The van der Waals surface area contributed by atoms with Gasteiger partial charge in [-0.3, -0.25) is 14.5 Å². The number of fused-ring (bicyclic) bond motifs is 1. The molecule has 0 saturated carbocycles. The Morgan fingerprint density at radius 1 is 1.03 bits per heavy atom. The number of nitrogens with one attached hydrogen (secondary N) is 1. The summed E-state index contributed by atoms with van der Waals surface area (Å²) in [5, 5.41) is 8.29. The molecule has 1 aliphatic heterocycles. The van der Waals surface area contributed by atoms with E-state index in [1.165, 1.54) is 11.3 Å². The molecule has 0 atom stereocenters. The van der Waals surface area contributed by atoms with E-state index in [1.54, 1.807) is 22.8 Å². The SMILES string of the molecule is O=C(NCc1ccc(Cl)cc1Cl)c1ccc(CN2CCN(C(=O)c3cnn4ccccc34)CC2)s1. The van der Waals surface area contributed by atoms with Crippen LogP contribution in [0.15, 0.2) is 60.9 Å². The zero-order valence-electron chi connectivity index (χ0n) is 18.8. The zero-order chi connectivity index (χ0) is 24.4. The molecule has 5 rings (SSSR count). The smallest absolute Gasteiger partial charge is 0.261 e. The summed E-state index contributed by atoms with van der Waals surface area (Å²) in [4.78, 5) is 31.6. The summed E-state index contributed by atoms with van der Waals surface area (Å²) in [5.41, 5.74) is 2.27. The molecule has 180 valence electrons. The van der Waals surface area contributed by atoms with E-state index in [0.29, 0.717) is 40.1 Å². The predicted octanol–water partition coefficient (Wildman–Crippen LogP) is 4.59. The van der Waals surface area contributed by atoms with Crippen molar-refractivity contribution >= 4 is 51.9 Å². The topological polar surface area (TPSA) is 70.0 Å². The summed E-state index contributed by atoms with van der Waals surface area (Å²) in [6.07, 6.45) is 3.48. The first-order valence-corrected chi connectivity index (χ1v) is 12.8. The molecule has 0 unspecified atom stereocenters. The largest absolute Gasteiger partial charge is 0.347 e. The third-order valence-corrected chi connectivity index (χ3v) is 7.69. The van der Waals surface area contributed by atoms with Gasteiger partial charge in [-0.05, 0) is 42.0 Å². The molecule has 1 aliphatic rings. The quantitative estimate of drug-likeness (QED) is 0.398. The van der Waals surface area contributed by atoms with Gasteiger partial charge in [-0.15, -0.1) is 11.3 Å². The Labute approximate surface area is 216 Å². The Morgan fingerprint density at radius 3 is 2.66 bits per heavy atom. The van der Waals surface area contributed by atoms with Gasteiger partial charge in [0, 0.05) is 60.4 Å². The minimum absolute atomic E-state index is 0.0155. The molecule has 0 aliphatic carbocycles. The summed E-state index contributed by atoms with van der Waals surface area (Å²) in [7, 11) is 0. The van der Waals surface area contributed by atoms with Crippen molar-refractivity contribution in [1.29, 1.82) is 0 Å². The molecule has 3 aromatic heterocycles. The van der Waals surface area contributed by atoms with Gasteiger partial charge in [-0.2, -0.15) is 5.10 Å². The van der Waals surface area contributed by atoms with Crippen LogP contribution in [0.25, 0.3) is 5.52 Å². The van der Waals surface area contributed by atoms with E-state index in [4.69, 9.17) is 23.2 Å². The fourth-order valence-electron chi connectivity index (χ4n) is 4.11. The number of pyridine rings is 1. The van der Waals surface area contributed by atoms with Crippen molar-refractivity contribution in [1.82, 2.24) is 24.7 Å². The number of piperazine rings is 1.